The lowest BCUT2D eigenvalue weighted by Crippen LogP contribution is -2.52. The number of rotatable bonds is 6. The zero-order valence-electron chi connectivity index (χ0n) is 13.8. The van der Waals surface area contributed by atoms with Gasteiger partial charge < -0.3 is 20.1 Å². The molecule has 0 aliphatic carbocycles. The summed E-state index contributed by atoms with van der Waals surface area (Å²) >= 11 is 6.25. The van der Waals surface area contributed by atoms with Crippen LogP contribution in [0.25, 0.3) is 0 Å². The number of ether oxygens (including phenoxy) is 1. The molecule has 0 amide bonds. The minimum absolute atomic E-state index is 0.231. The second kappa shape index (κ2) is 7.51. The van der Waals surface area contributed by atoms with Crippen LogP contribution in [0.2, 0.25) is 5.02 Å². The summed E-state index contributed by atoms with van der Waals surface area (Å²) in [6, 6.07) is 6.70. The summed E-state index contributed by atoms with van der Waals surface area (Å²) in [6.45, 7) is 3.46. The largest absolute Gasteiger partial charge is 0.479 e. The highest BCUT2D eigenvalue weighted by Crippen LogP contribution is 2.40. The van der Waals surface area contributed by atoms with Crippen molar-refractivity contribution in [3.63, 3.8) is 0 Å². The molecule has 2 rings (SSSR count). The number of aliphatic imine (C=N–C) groups is 1. The van der Waals surface area contributed by atoms with Crippen molar-refractivity contribution in [2.45, 2.75) is 50.5 Å². The first-order chi connectivity index (χ1) is 11.8. The minimum atomic E-state index is -2.12. The normalized spacial score (nSPS) is 25.7. The van der Waals surface area contributed by atoms with Gasteiger partial charge in [-0.1, -0.05) is 43.6 Å². The smallest absolute Gasteiger partial charge is 0.335 e. The molecule has 4 unspecified atom stereocenters. The third-order valence-corrected chi connectivity index (χ3v) is 4.60. The molecule has 3 N–H and O–H groups in total. The van der Waals surface area contributed by atoms with Crippen LogP contribution in [0, 0.1) is 0 Å². The molecule has 0 saturated heterocycles. The lowest BCUT2D eigenvalue weighted by Gasteiger charge is -2.38. The molecule has 1 aromatic carbocycles. The van der Waals surface area contributed by atoms with Crippen molar-refractivity contribution in [3.8, 4) is 0 Å². The number of carbonyl (C=O) groups is 2. The Morgan fingerprint density at radius 2 is 2.00 bits per heavy atom. The fraction of sp³-hybridized carbons (Fsp3) is 0.471. The molecule has 4 atom stereocenters. The quantitative estimate of drug-likeness (QED) is 0.700. The number of halogens is 1. The van der Waals surface area contributed by atoms with E-state index < -0.39 is 29.8 Å². The molecule has 0 aromatic heterocycles. The molecule has 1 heterocycles. The number of ketones is 1. The van der Waals surface area contributed by atoms with Crippen molar-refractivity contribution in [3.05, 3.63) is 34.9 Å². The van der Waals surface area contributed by atoms with Gasteiger partial charge >= 0.3 is 5.97 Å². The van der Waals surface area contributed by atoms with E-state index in [4.69, 9.17) is 21.4 Å². The first-order valence-corrected chi connectivity index (χ1v) is 8.30. The van der Waals surface area contributed by atoms with Gasteiger partial charge in [-0.2, -0.15) is 0 Å². The lowest BCUT2D eigenvalue weighted by molar-refractivity contribution is -0.151. The minimum Gasteiger partial charge on any atom is -0.479 e. The zero-order chi connectivity index (χ0) is 18.8. The van der Waals surface area contributed by atoms with Gasteiger partial charge in [0, 0.05) is 10.6 Å². The van der Waals surface area contributed by atoms with Crippen molar-refractivity contribution in [2.24, 2.45) is 4.99 Å². The van der Waals surface area contributed by atoms with E-state index in [0.29, 0.717) is 17.0 Å². The molecule has 8 heteroatoms. The topological polar surface area (TPSA) is 116 Å². The van der Waals surface area contributed by atoms with E-state index in [1.807, 2.05) is 0 Å². The highest BCUT2D eigenvalue weighted by molar-refractivity contribution is 6.32. The monoisotopic (exact) mass is 369 g/mol. The SMILES string of the molecule is CCC1OC(C(O)C(O)C(=O)O)=NC(CC)(c2ccccc2Cl)C1=O. The van der Waals surface area contributed by atoms with E-state index in [0.717, 1.165) is 0 Å². The summed E-state index contributed by atoms with van der Waals surface area (Å²) in [5.41, 5.74) is -0.966. The van der Waals surface area contributed by atoms with Gasteiger partial charge in [0.25, 0.3) is 0 Å². The molecule has 0 fully saturated rings. The number of hydrogen-bond donors (Lipinski definition) is 3. The van der Waals surface area contributed by atoms with Crippen molar-refractivity contribution in [1.29, 1.82) is 0 Å². The number of aliphatic hydroxyl groups excluding tert-OH is 2. The molecule has 0 saturated carbocycles. The molecule has 7 nitrogen and oxygen atoms in total. The van der Waals surface area contributed by atoms with Crippen molar-refractivity contribution >= 4 is 29.3 Å². The third kappa shape index (κ3) is 3.40. The summed E-state index contributed by atoms with van der Waals surface area (Å²) in [7, 11) is 0. The van der Waals surface area contributed by atoms with Crippen molar-refractivity contribution < 1.29 is 29.6 Å². The third-order valence-electron chi connectivity index (χ3n) is 4.27. The second-order valence-corrected chi connectivity index (χ2v) is 6.16. The summed E-state index contributed by atoms with van der Waals surface area (Å²) in [5.74, 6) is -2.34. The van der Waals surface area contributed by atoms with E-state index in [9.17, 15) is 19.8 Å². The van der Waals surface area contributed by atoms with Gasteiger partial charge in [-0.05, 0) is 18.9 Å². The number of carboxylic acids is 1. The van der Waals surface area contributed by atoms with E-state index >= 15 is 0 Å². The predicted octanol–water partition coefficient (Wildman–Crippen LogP) is 1.53. The molecule has 1 aliphatic heterocycles. The Morgan fingerprint density at radius 1 is 1.36 bits per heavy atom. The zero-order valence-corrected chi connectivity index (χ0v) is 14.6. The molecule has 0 spiro atoms. The number of aliphatic carboxylic acids is 1. The molecular formula is C17H20ClNO6. The number of carboxylic acid groups (broad SMARTS) is 1. The van der Waals surface area contributed by atoms with Crippen LogP contribution in [0.15, 0.2) is 29.3 Å². The van der Waals surface area contributed by atoms with Crippen LogP contribution < -0.4 is 0 Å². The molecule has 136 valence electrons. The Morgan fingerprint density at radius 3 is 2.52 bits per heavy atom. The van der Waals surface area contributed by atoms with Gasteiger partial charge in [-0.3, -0.25) is 4.79 Å². The summed E-state index contributed by atoms with van der Waals surface area (Å²) in [5, 5.41) is 29.0. The average Bonchev–Trinajstić information content (AvgIpc) is 2.61. The van der Waals surface area contributed by atoms with Gasteiger partial charge in [0.15, 0.2) is 23.9 Å². The first kappa shape index (κ1) is 19.4. The molecular weight excluding hydrogens is 350 g/mol. The Labute approximate surface area is 149 Å². The number of carbonyl (C=O) groups excluding carboxylic acids is 1. The predicted molar refractivity (Wildman–Crippen MR) is 90.7 cm³/mol. The maximum Gasteiger partial charge on any atom is 0.335 e. The van der Waals surface area contributed by atoms with Crippen molar-refractivity contribution in [2.75, 3.05) is 0 Å². The van der Waals surface area contributed by atoms with Gasteiger partial charge in [0.05, 0.1) is 0 Å². The standard InChI is InChI=1S/C17H20ClNO6/c1-3-11-14(22)17(4-2,9-7-5-6-8-10(9)18)19-15(25-11)12(20)13(21)16(23)24/h5-8,11-13,20-21H,3-4H2,1-2H3,(H,23,24). The lowest BCUT2D eigenvalue weighted by atomic mass is 9.80. The fourth-order valence-electron chi connectivity index (χ4n) is 2.84. The molecule has 25 heavy (non-hydrogen) atoms. The maximum atomic E-state index is 13.0. The van der Waals surface area contributed by atoms with Crippen LogP contribution in [-0.4, -0.2) is 51.3 Å². The number of aliphatic hydroxyl groups is 2. The van der Waals surface area contributed by atoms with Gasteiger partial charge in [-0.25, -0.2) is 9.79 Å². The van der Waals surface area contributed by atoms with Gasteiger partial charge in [0.2, 0.25) is 11.7 Å². The van der Waals surface area contributed by atoms with Crippen LogP contribution in [0.4, 0.5) is 0 Å². The number of hydrogen-bond acceptors (Lipinski definition) is 6. The summed E-state index contributed by atoms with van der Waals surface area (Å²) in [6.07, 6.45) is -4.42. The van der Waals surface area contributed by atoms with Crippen LogP contribution >= 0.6 is 11.6 Å². The van der Waals surface area contributed by atoms with Crippen molar-refractivity contribution in [1.82, 2.24) is 0 Å². The molecule has 1 aliphatic rings. The highest BCUT2D eigenvalue weighted by Gasteiger charge is 2.49. The Hall–Kier alpha value is -1.96. The maximum absolute atomic E-state index is 13.0. The Balaban J connectivity index is 2.63. The average molecular weight is 370 g/mol. The van der Waals surface area contributed by atoms with E-state index in [1.165, 1.54) is 0 Å². The van der Waals surface area contributed by atoms with Gasteiger partial charge in [-0.15, -0.1) is 0 Å². The highest BCUT2D eigenvalue weighted by atomic mass is 35.5. The summed E-state index contributed by atoms with van der Waals surface area (Å²) in [4.78, 5) is 28.2. The summed E-state index contributed by atoms with van der Waals surface area (Å²) < 4.78 is 5.38. The second-order valence-electron chi connectivity index (χ2n) is 5.75. The number of nitrogens with zero attached hydrogens (tertiary/aromatic N) is 1. The number of Topliss-reactive ketones (excluding diaryl/α,β-unsaturated/α-hetero) is 1. The Bertz CT molecular complexity index is 706. The first-order valence-electron chi connectivity index (χ1n) is 7.93. The van der Waals surface area contributed by atoms with Crippen LogP contribution in [0.1, 0.15) is 32.3 Å². The van der Waals surface area contributed by atoms with Crippen LogP contribution in [0.3, 0.4) is 0 Å². The van der Waals surface area contributed by atoms with E-state index in [-0.39, 0.29) is 18.1 Å². The molecule has 0 radical (unpaired) electrons. The molecule has 0 bridgehead atoms. The van der Waals surface area contributed by atoms with Gasteiger partial charge in [0.1, 0.15) is 0 Å². The molecule has 1 aromatic rings. The number of benzene rings is 1. The van der Waals surface area contributed by atoms with Crippen LogP contribution in [0.5, 0.6) is 0 Å². The van der Waals surface area contributed by atoms with Crippen LogP contribution in [-0.2, 0) is 19.9 Å². The van der Waals surface area contributed by atoms with E-state index in [1.54, 1.807) is 38.1 Å². The fourth-order valence-corrected chi connectivity index (χ4v) is 3.14. The van der Waals surface area contributed by atoms with E-state index in [2.05, 4.69) is 4.99 Å². The Kier molecular flexibility index (Phi) is 5.82.